The fourth-order valence-corrected chi connectivity index (χ4v) is 1.83. The minimum Gasteiger partial charge on any atom is -0.490 e. The van der Waals surface area contributed by atoms with Crippen molar-refractivity contribution in [3.8, 4) is 5.75 Å². The highest BCUT2D eigenvalue weighted by atomic mass is 16.6. The molecule has 1 atom stereocenters. The summed E-state index contributed by atoms with van der Waals surface area (Å²) < 4.78 is 10.6. The lowest BCUT2D eigenvalue weighted by atomic mass is 10.2. The van der Waals surface area contributed by atoms with Gasteiger partial charge in [0.1, 0.15) is 12.4 Å². The maximum absolute atomic E-state index is 10.8. The first-order valence-corrected chi connectivity index (χ1v) is 6.65. The van der Waals surface area contributed by atoms with Crippen molar-refractivity contribution in [1.82, 2.24) is 10.6 Å². The van der Waals surface area contributed by atoms with Crippen molar-refractivity contribution in [2.75, 3.05) is 19.7 Å². The third-order valence-corrected chi connectivity index (χ3v) is 2.86. The third kappa shape index (κ3) is 4.44. The average molecular weight is 264 g/mol. The Morgan fingerprint density at radius 2 is 2.21 bits per heavy atom. The molecule has 0 aliphatic carbocycles. The second-order valence-electron chi connectivity index (χ2n) is 4.54. The summed E-state index contributed by atoms with van der Waals surface area (Å²) in [7, 11) is 0. The summed E-state index contributed by atoms with van der Waals surface area (Å²) >= 11 is 0. The van der Waals surface area contributed by atoms with E-state index in [0.29, 0.717) is 13.2 Å². The summed E-state index contributed by atoms with van der Waals surface area (Å²) in [5.74, 6) is 0.794. The van der Waals surface area contributed by atoms with Crippen LogP contribution in [0.15, 0.2) is 24.3 Å². The molecule has 5 nitrogen and oxygen atoms in total. The van der Waals surface area contributed by atoms with Crippen molar-refractivity contribution in [3.63, 3.8) is 0 Å². The number of carbonyl (C=O) groups is 1. The molecule has 1 aliphatic heterocycles. The lowest BCUT2D eigenvalue weighted by Crippen LogP contribution is -2.21. The molecule has 1 aromatic carbocycles. The van der Waals surface area contributed by atoms with Crippen LogP contribution in [0.5, 0.6) is 5.75 Å². The van der Waals surface area contributed by atoms with E-state index in [4.69, 9.17) is 9.47 Å². The van der Waals surface area contributed by atoms with Gasteiger partial charge in [-0.3, -0.25) is 0 Å². The summed E-state index contributed by atoms with van der Waals surface area (Å²) in [6.07, 6.45) is 0.569. The van der Waals surface area contributed by atoms with Crippen molar-refractivity contribution in [2.24, 2.45) is 0 Å². The summed E-state index contributed by atoms with van der Waals surface area (Å²) in [6.45, 7) is 4.94. The molecule has 1 aromatic rings. The number of alkyl carbamates (subject to hydrolysis) is 1. The predicted molar refractivity (Wildman–Crippen MR) is 72.2 cm³/mol. The molecule has 0 radical (unpaired) electrons. The Bertz CT molecular complexity index is 406. The normalized spacial score (nSPS) is 17.9. The first-order valence-electron chi connectivity index (χ1n) is 6.65. The highest BCUT2D eigenvalue weighted by Crippen LogP contribution is 2.13. The number of cyclic esters (lactones) is 1. The van der Waals surface area contributed by atoms with E-state index in [1.807, 2.05) is 24.3 Å². The van der Waals surface area contributed by atoms with Gasteiger partial charge >= 0.3 is 6.09 Å². The summed E-state index contributed by atoms with van der Waals surface area (Å²) in [4.78, 5) is 10.8. The van der Waals surface area contributed by atoms with Crippen LogP contribution in [0, 0.1) is 0 Å². The second-order valence-corrected chi connectivity index (χ2v) is 4.54. The first kappa shape index (κ1) is 13.7. The molecular weight excluding hydrogens is 244 g/mol. The van der Waals surface area contributed by atoms with Crippen LogP contribution in [0.1, 0.15) is 18.9 Å². The molecule has 0 spiro atoms. The van der Waals surface area contributed by atoms with E-state index in [1.54, 1.807) is 0 Å². The number of rotatable bonds is 7. The van der Waals surface area contributed by atoms with Crippen LogP contribution in [0.3, 0.4) is 0 Å². The van der Waals surface area contributed by atoms with Crippen LogP contribution in [0.2, 0.25) is 0 Å². The zero-order valence-corrected chi connectivity index (χ0v) is 11.1. The molecular formula is C14H20N2O3. The molecule has 1 unspecified atom stereocenters. The molecule has 1 saturated heterocycles. The molecule has 104 valence electrons. The Kier molecular flexibility index (Phi) is 5.03. The van der Waals surface area contributed by atoms with Gasteiger partial charge in [0.05, 0.1) is 6.54 Å². The number of ether oxygens (including phenoxy) is 2. The molecule has 0 aromatic heterocycles. The number of hydrogen-bond donors (Lipinski definition) is 2. The predicted octanol–water partition coefficient (Wildman–Crippen LogP) is 1.67. The molecule has 1 aliphatic rings. The van der Waals surface area contributed by atoms with Crippen LogP contribution in [-0.2, 0) is 11.3 Å². The van der Waals surface area contributed by atoms with Gasteiger partial charge in [-0.25, -0.2) is 4.79 Å². The number of amides is 1. The summed E-state index contributed by atoms with van der Waals surface area (Å²) in [5, 5.41) is 5.94. The molecule has 1 amide bonds. The third-order valence-electron chi connectivity index (χ3n) is 2.86. The topological polar surface area (TPSA) is 59.6 Å². The van der Waals surface area contributed by atoms with Gasteiger partial charge in [0, 0.05) is 6.54 Å². The lowest BCUT2D eigenvalue weighted by molar-refractivity contribution is 0.105. The molecule has 2 N–H and O–H groups in total. The van der Waals surface area contributed by atoms with Gasteiger partial charge in [-0.2, -0.15) is 0 Å². The van der Waals surface area contributed by atoms with Gasteiger partial charge in [0.2, 0.25) is 0 Å². The zero-order valence-electron chi connectivity index (χ0n) is 11.1. The molecule has 5 heteroatoms. The Hall–Kier alpha value is -1.75. The largest absolute Gasteiger partial charge is 0.490 e. The van der Waals surface area contributed by atoms with Gasteiger partial charge < -0.3 is 20.1 Å². The monoisotopic (exact) mass is 264 g/mol. The van der Waals surface area contributed by atoms with Crippen molar-refractivity contribution in [1.29, 1.82) is 0 Å². The fraction of sp³-hybridized carbons (Fsp3) is 0.500. The van der Waals surface area contributed by atoms with Crippen LogP contribution in [0.4, 0.5) is 4.79 Å². The van der Waals surface area contributed by atoms with Gasteiger partial charge in [-0.1, -0.05) is 19.1 Å². The van der Waals surface area contributed by atoms with Gasteiger partial charge in [-0.15, -0.1) is 0 Å². The first-order chi connectivity index (χ1) is 9.28. The highest BCUT2D eigenvalue weighted by Gasteiger charge is 2.22. The molecule has 1 fully saturated rings. The Morgan fingerprint density at radius 1 is 1.42 bits per heavy atom. The number of nitrogens with one attached hydrogen (secondary N) is 2. The van der Waals surface area contributed by atoms with Crippen molar-refractivity contribution in [3.05, 3.63) is 29.8 Å². The van der Waals surface area contributed by atoms with Crippen LogP contribution in [0.25, 0.3) is 0 Å². The summed E-state index contributed by atoms with van der Waals surface area (Å²) in [6, 6.07) is 7.95. The van der Waals surface area contributed by atoms with Crippen LogP contribution < -0.4 is 15.4 Å². The maximum atomic E-state index is 10.8. The Morgan fingerprint density at radius 3 is 2.84 bits per heavy atom. The minimum atomic E-state index is -0.369. The molecule has 0 saturated carbocycles. The molecule has 2 rings (SSSR count). The van der Waals surface area contributed by atoms with Gasteiger partial charge in [-0.05, 0) is 30.7 Å². The standard InChI is InChI=1S/C14H20N2O3/c1-2-7-15-8-11-3-5-12(6-4-11)18-10-13-9-16-14(17)19-13/h3-6,13,15H,2,7-10H2,1H3,(H,16,17). The van der Waals surface area contributed by atoms with Crippen molar-refractivity contribution < 1.29 is 14.3 Å². The van der Waals surface area contributed by atoms with E-state index < -0.39 is 0 Å². The smallest absolute Gasteiger partial charge is 0.407 e. The lowest BCUT2D eigenvalue weighted by Gasteiger charge is -2.10. The van der Waals surface area contributed by atoms with E-state index in [-0.39, 0.29) is 12.2 Å². The van der Waals surface area contributed by atoms with Crippen LogP contribution in [-0.4, -0.2) is 31.9 Å². The van der Waals surface area contributed by atoms with Gasteiger partial charge in [0.25, 0.3) is 0 Å². The number of carbonyl (C=O) groups excluding carboxylic acids is 1. The van der Waals surface area contributed by atoms with Gasteiger partial charge in [0.15, 0.2) is 6.10 Å². The number of hydrogen-bond acceptors (Lipinski definition) is 4. The van der Waals surface area contributed by atoms with E-state index >= 15 is 0 Å². The number of benzene rings is 1. The van der Waals surface area contributed by atoms with Crippen molar-refractivity contribution in [2.45, 2.75) is 26.0 Å². The van der Waals surface area contributed by atoms with E-state index in [0.717, 1.165) is 25.3 Å². The van der Waals surface area contributed by atoms with Crippen LogP contribution >= 0.6 is 0 Å². The van der Waals surface area contributed by atoms with E-state index in [9.17, 15) is 4.79 Å². The SMILES string of the molecule is CCCNCc1ccc(OCC2CNC(=O)O2)cc1. The Balaban J connectivity index is 1.73. The zero-order chi connectivity index (χ0) is 13.5. The minimum absolute atomic E-state index is 0.196. The van der Waals surface area contributed by atoms with E-state index in [2.05, 4.69) is 17.6 Å². The average Bonchev–Trinajstić information content (AvgIpc) is 2.84. The Labute approximate surface area is 113 Å². The second kappa shape index (κ2) is 6.99. The van der Waals surface area contributed by atoms with E-state index in [1.165, 1.54) is 5.56 Å². The molecule has 1 heterocycles. The quantitative estimate of drug-likeness (QED) is 0.736. The summed E-state index contributed by atoms with van der Waals surface area (Å²) in [5.41, 5.74) is 1.23. The molecule has 19 heavy (non-hydrogen) atoms. The maximum Gasteiger partial charge on any atom is 0.407 e. The fourth-order valence-electron chi connectivity index (χ4n) is 1.83. The molecule has 0 bridgehead atoms. The van der Waals surface area contributed by atoms with Crippen molar-refractivity contribution >= 4 is 6.09 Å². The highest BCUT2D eigenvalue weighted by molar-refractivity contribution is 5.69.